The zero-order valence-corrected chi connectivity index (χ0v) is 13.0. The molecule has 0 aromatic heterocycles. The number of carbonyl (C=O) groups is 2. The highest BCUT2D eigenvalue weighted by atomic mass is 35.5. The van der Waals surface area contributed by atoms with E-state index in [1.165, 1.54) is 0 Å². The normalized spacial score (nSPS) is 9.40. The first-order valence-electron chi connectivity index (χ1n) is 5.31. The van der Waals surface area contributed by atoms with Gasteiger partial charge in [0, 0.05) is 21.2 Å². The van der Waals surface area contributed by atoms with Gasteiger partial charge in [-0.2, -0.15) is 0 Å². The minimum Gasteiger partial charge on any atom is -0.276 e. The summed E-state index contributed by atoms with van der Waals surface area (Å²) in [5.74, 6) is 0. The van der Waals surface area contributed by atoms with Crippen molar-refractivity contribution in [2.45, 2.75) is 0 Å². The monoisotopic (exact) mass is 348 g/mol. The zero-order chi connectivity index (χ0) is 15.1. The van der Waals surface area contributed by atoms with E-state index >= 15 is 0 Å². The number of carbonyl (C=O) groups excluding carboxylic acids is 2. The van der Waals surface area contributed by atoms with Crippen LogP contribution in [0.1, 0.15) is 20.7 Å². The Morgan fingerprint density at radius 1 is 0.600 bits per heavy atom. The van der Waals surface area contributed by atoms with Crippen molar-refractivity contribution in [3.05, 3.63) is 69.7 Å². The second-order valence-electron chi connectivity index (χ2n) is 3.56. The molecule has 0 saturated heterocycles. The third-order valence-corrected chi connectivity index (χ3v) is 3.08. The quantitative estimate of drug-likeness (QED) is 0.676. The fraction of sp³-hybridized carbons (Fsp3) is 0. The van der Waals surface area contributed by atoms with Gasteiger partial charge in [0.2, 0.25) is 0 Å². The summed E-state index contributed by atoms with van der Waals surface area (Å²) in [4.78, 5) is 21.0. The van der Waals surface area contributed by atoms with Gasteiger partial charge in [0.15, 0.2) is 0 Å². The Kier molecular flexibility index (Phi) is 7.03. The molecule has 0 heterocycles. The first-order valence-corrected chi connectivity index (χ1v) is 6.82. The predicted octanol–water partition coefficient (Wildman–Crippen LogP) is 5.44. The molecule has 0 aliphatic carbocycles. The van der Waals surface area contributed by atoms with Crippen molar-refractivity contribution >= 4 is 56.9 Å². The Labute approximate surface area is 136 Å². The van der Waals surface area contributed by atoms with Crippen LogP contribution in [0.15, 0.2) is 48.5 Å². The van der Waals surface area contributed by atoms with Gasteiger partial charge in [-0.3, -0.25) is 9.59 Å². The van der Waals surface area contributed by atoms with Crippen molar-refractivity contribution in [3.8, 4) is 0 Å². The van der Waals surface area contributed by atoms with Crippen LogP contribution in [0.5, 0.6) is 0 Å². The first-order chi connectivity index (χ1) is 9.40. The van der Waals surface area contributed by atoms with E-state index in [-0.39, 0.29) is 0 Å². The summed E-state index contributed by atoms with van der Waals surface area (Å²) in [6.07, 6.45) is 0. The Morgan fingerprint density at radius 2 is 0.850 bits per heavy atom. The Bertz CT molecular complexity index is 536. The van der Waals surface area contributed by atoms with E-state index in [0.717, 1.165) is 0 Å². The highest BCUT2D eigenvalue weighted by molar-refractivity contribution is 6.68. The Hall–Kier alpha value is -1.06. The summed E-state index contributed by atoms with van der Waals surface area (Å²) in [6, 6.07) is 12.8. The van der Waals surface area contributed by atoms with E-state index < -0.39 is 10.5 Å². The highest BCUT2D eigenvalue weighted by Gasteiger charge is 1.99. The van der Waals surface area contributed by atoms with Gasteiger partial charge < -0.3 is 0 Å². The van der Waals surface area contributed by atoms with Crippen LogP contribution in [-0.4, -0.2) is 10.5 Å². The van der Waals surface area contributed by atoms with Crippen LogP contribution in [0.4, 0.5) is 0 Å². The number of halogens is 4. The topological polar surface area (TPSA) is 34.1 Å². The molecule has 0 amide bonds. The molecule has 2 aromatic carbocycles. The molecule has 0 N–H and O–H groups in total. The first kappa shape index (κ1) is 17.0. The second-order valence-corrected chi connectivity index (χ2v) is 5.12. The van der Waals surface area contributed by atoms with Gasteiger partial charge in [-0.05, 0) is 71.7 Å². The average Bonchev–Trinajstić information content (AvgIpc) is 2.40. The van der Waals surface area contributed by atoms with Crippen molar-refractivity contribution in [3.63, 3.8) is 0 Å². The van der Waals surface area contributed by atoms with Crippen LogP contribution in [-0.2, 0) is 0 Å². The molecule has 0 radical (unpaired) electrons. The minimum atomic E-state index is -0.461. The number of rotatable bonds is 2. The van der Waals surface area contributed by atoms with E-state index in [0.29, 0.717) is 21.2 Å². The van der Waals surface area contributed by atoms with Gasteiger partial charge in [0.1, 0.15) is 0 Å². The molecule has 0 aliphatic rings. The van der Waals surface area contributed by atoms with Crippen molar-refractivity contribution < 1.29 is 9.59 Å². The van der Waals surface area contributed by atoms with Crippen molar-refractivity contribution in [2.75, 3.05) is 0 Å². The lowest BCUT2D eigenvalue weighted by Crippen LogP contribution is -1.85. The molecule has 20 heavy (non-hydrogen) atoms. The molecular weight excluding hydrogens is 342 g/mol. The SMILES string of the molecule is O=C(Cl)c1ccc(Cl)cc1.O=C(Cl)c1ccc(Cl)cc1. The van der Waals surface area contributed by atoms with Crippen molar-refractivity contribution in [1.29, 1.82) is 0 Å². The predicted molar refractivity (Wildman–Crippen MR) is 83.3 cm³/mol. The molecule has 2 aromatic rings. The van der Waals surface area contributed by atoms with Crippen LogP contribution in [0, 0.1) is 0 Å². The molecule has 0 unspecified atom stereocenters. The van der Waals surface area contributed by atoms with E-state index in [1.807, 2.05) is 0 Å². The third kappa shape index (κ3) is 5.93. The Morgan fingerprint density at radius 3 is 1.05 bits per heavy atom. The summed E-state index contributed by atoms with van der Waals surface area (Å²) in [7, 11) is 0. The van der Waals surface area contributed by atoms with E-state index in [2.05, 4.69) is 0 Å². The number of hydrogen-bond acceptors (Lipinski definition) is 2. The van der Waals surface area contributed by atoms with Gasteiger partial charge in [-0.15, -0.1) is 0 Å². The minimum absolute atomic E-state index is 0.461. The summed E-state index contributed by atoms with van der Waals surface area (Å²) in [5, 5.41) is 0.275. The number of hydrogen-bond donors (Lipinski definition) is 0. The van der Waals surface area contributed by atoms with E-state index in [4.69, 9.17) is 46.4 Å². The lowest BCUT2D eigenvalue weighted by molar-refractivity contribution is 0.107. The van der Waals surface area contributed by atoms with Gasteiger partial charge in [-0.25, -0.2) is 0 Å². The Balaban J connectivity index is 0.000000200. The van der Waals surface area contributed by atoms with Crippen molar-refractivity contribution in [2.24, 2.45) is 0 Å². The maximum atomic E-state index is 10.5. The fourth-order valence-electron chi connectivity index (χ4n) is 1.16. The summed E-state index contributed by atoms with van der Waals surface area (Å²) in [5.41, 5.74) is 0.928. The molecular formula is C14H8Cl4O2. The standard InChI is InChI=1S/2C7H4Cl2O/c2*8-6-3-1-5(2-4-6)7(9)10/h2*1-4H. The van der Waals surface area contributed by atoms with Gasteiger partial charge in [0.05, 0.1) is 0 Å². The lowest BCUT2D eigenvalue weighted by atomic mass is 10.2. The molecule has 0 atom stereocenters. The molecule has 0 spiro atoms. The van der Waals surface area contributed by atoms with Crippen LogP contribution in [0.25, 0.3) is 0 Å². The van der Waals surface area contributed by atoms with Crippen LogP contribution < -0.4 is 0 Å². The molecule has 2 nitrogen and oxygen atoms in total. The van der Waals surface area contributed by atoms with E-state index in [1.54, 1.807) is 48.5 Å². The summed E-state index contributed by atoms with van der Waals surface area (Å²) < 4.78 is 0. The average molecular weight is 350 g/mol. The van der Waals surface area contributed by atoms with Crippen molar-refractivity contribution in [1.82, 2.24) is 0 Å². The third-order valence-electron chi connectivity index (χ3n) is 2.14. The van der Waals surface area contributed by atoms with Crippen LogP contribution in [0.3, 0.4) is 0 Å². The highest BCUT2D eigenvalue weighted by Crippen LogP contribution is 2.11. The van der Waals surface area contributed by atoms with E-state index in [9.17, 15) is 9.59 Å². The second kappa shape index (κ2) is 8.28. The molecule has 0 aliphatic heterocycles. The molecule has 2 rings (SSSR count). The zero-order valence-electron chi connectivity index (χ0n) is 9.95. The summed E-state index contributed by atoms with van der Waals surface area (Å²) >= 11 is 21.5. The lowest BCUT2D eigenvalue weighted by Gasteiger charge is -1.91. The molecule has 0 bridgehead atoms. The molecule has 104 valence electrons. The van der Waals surface area contributed by atoms with Gasteiger partial charge >= 0.3 is 0 Å². The van der Waals surface area contributed by atoms with Crippen LogP contribution >= 0.6 is 46.4 Å². The summed E-state index contributed by atoms with van der Waals surface area (Å²) in [6.45, 7) is 0. The maximum Gasteiger partial charge on any atom is 0.252 e. The van der Waals surface area contributed by atoms with Gasteiger partial charge in [0.25, 0.3) is 10.5 Å². The van der Waals surface area contributed by atoms with Gasteiger partial charge in [-0.1, -0.05) is 23.2 Å². The van der Waals surface area contributed by atoms with Crippen LogP contribution in [0.2, 0.25) is 10.0 Å². The fourth-order valence-corrected chi connectivity index (χ4v) is 1.67. The smallest absolute Gasteiger partial charge is 0.252 e. The number of benzene rings is 2. The molecule has 6 heteroatoms. The largest absolute Gasteiger partial charge is 0.276 e. The molecule has 0 fully saturated rings. The molecule has 0 saturated carbocycles. The maximum absolute atomic E-state index is 10.5.